The Kier molecular flexibility index (Phi) is 4.57. The quantitative estimate of drug-likeness (QED) is 0.904. The molecule has 0 aliphatic rings. The number of hydrogen-bond acceptors (Lipinski definition) is 3. The molecule has 106 valence electrons. The minimum atomic E-state index is -0.113. The highest BCUT2D eigenvalue weighted by Gasteiger charge is 2.08. The molecule has 2 rings (SSSR count). The molecule has 1 atom stereocenters. The molecule has 1 amide bonds. The molecule has 0 saturated carbocycles. The molecule has 21 heavy (non-hydrogen) atoms. The van der Waals surface area contributed by atoms with Crippen molar-refractivity contribution in [2.24, 2.45) is 0 Å². The molecule has 2 aromatic rings. The highest BCUT2D eigenvalue weighted by molar-refractivity contribution is 5.94. The number of carbonyl (C=O) groups excluding carboxylic acids is 1. The summed E-state index contributed by atoms with van der Waals surface area (Å²) in [7, 11) is 1.61. The van der Waals surface area contributed by atoms with Crippen LogP contribution in [0.3, 0.4) is 0 Å². The Morgan fingerprint density at radius 3 is 2.67 bits per heavy atom. The van der Waals surface area contributed by atoms with E-state index in [0.717, 1.165) is 11.3 Å². The van der Waals surface area contributed by atoms with E-state index in [1.165, 1.54) is 0 Å². The van der Waals surface area contributed by atoms with Crippen molar-refractivity contribution in [1.82, 2.24) is 5.32 Å². The first-order valence-corrected chi connectivity index (χ1v) is 6.73. The van der Waals surface area contributed by atoms with Crippen LogP contribution in [0, 0.1) is 11.3 Å². The van der Waals surface area contributed by atoms with Crippen molar-refractivity contribution in [2.75, 3.05) is 12.4 Å². The van der Waals surface area contributed by atoms with Crippen molar-refractivity contribution in [3.63, 3.8) is 0 Å². The topological polar surface area (TPSA) is 64.9 Å². The van der Waals surface area contributed by atoms with Gasteiger partial charge in [0.15, 0.2) is 0 Å². The van der Waals surface area contributed by atoms with E-state index < -0.39 is 0 Å². The molecule has 4 heteroatoms. The van der Waals surface area contributed by atoms with Gasteiger partial charge in [-0.15, -0.1) is 0 Å². The second kappa shape index (κ2) is 6.58. The van der Waals surface area contributed by atoms with E-state index in [9.17, 15) is 4.79 Å². The van der Waals surface area contributed by atoms with Gasteiger partial charge in [-0.3, -0.25) is 4.79 Å². The van der Waals surface area contributed by atoms with Gasteiger partial charge in [0.25, 0.3) is 5.91 Å². The van der Waals surface area contributed by atoms with Crippen LogP contribution in [-0.2, 0) is 0 Å². The molecule has 0 aliphatic heterocycles. The number of rotatable bonds is 4. The van der Waals surface area contributed by atoms with E-state index in [2.05, 4.69) is 16.7 Å². The average Bonchev–Trinajstić information content (AvgIpc) is 2.54. The van der Waals surface area contributed by atoms with Gasteiger partial charge in [-0.2, -0.15) is 5.26 Å². The van der Waals surface area contributed by atoms with Gasteiger partial charge in [0.1, 0.15) is 0 Å². The predicted octanol–water partition coefficient (Wildman–Crippen LogP) is 3.09. The highest BCUT2D eigenvalue weighted by Crippen LogP contribution is 2.20. The van der Waals surface area contributed by atoms with Crippen LogP contribution in [0.15, 0.2) is 48.5 Å². The summed E-state index contributed by atoms with van der Waals surface area (Å²) in [5, 5.41) is 14.9. The first-order valence-electron chi connectivity index (χ1n) is 6.73. The number of benzene rings is 2. The fraction of sp³-hybridized carbons (Fsp3) is 0.176. The summed E-state index contributed by atoms with van der Waals surface area (Å²) >= 11 is 0. The highest BCUT2D eigenvalue weighted by atomic mass is 16.1. The summed E-state index contributed by atoms with van der Waals surface area (Å²) in [6.07, 6.45) is 0. The summed E-state index contributed by atoms with van der Waals surface area (Å²) in [6, 6.07) is 17.0. The van der Waals surface area contributed by atoms with Crippen molar-refractivity contribution < 1.29 is 4.79 Å². The SMILES string of the molecule is CNC(=O)c1cccc(NC(C)c2cccc(C#N)c2)c1. The Balaban J connectivity index is 2.17. The predicted molar refractivity (Wildman–Crippen MR) is 83.0 cm³/mol. The van der Waals surface area contributed by atoms with Crippen molar-refractivity contribution in [2.45, 2.75) is 13.0 Å². The average molecular weight is 279 g/mol. The Bertz CT molecular complexity index is 688. The summed E-state index contributed by atoms with van der Waals surface area (Å²) in [6.45, 7) is 2.02. The molecule has 2 aromatic carbocycles. The maximum Gasteiger partial charge on any atom is 0.251 e. The van der Waals surface area contributed by atoms with Crippen LogP contribution in [0.2, 0.25) is 0 Å². The lowest BCUT2D eigenvalue weighted by Gasteiger charge is -2.16. The van der Waals surface area contributed by atoms with Gasteiger partial charge in [-0.25, -0.2) is 0 Å². The minimum absolute atomic E-state index is 0.0400. The molecule has 0 fully saturated rings. The Morgan fingerprint density at radius 2 is 1.95 bits per heavy atom. The zero-order valence-electron chi connectivity index (χ0n) is 12.1. The lowest BCUT2D eigenvalue weighted by molar-refractivity contribution is 0.0963. The number of nitrogens with one attached hydrogen (secondary N) is 2. The molecular weight excluding hydrogens is 262 g/mol. The van der Waals surface area contributed by atoms with Gasteiger partial charge in [-0.05, 0) is 42.8 Å². The van der Waals surface area contributed by atoms with Gasteiger partial charge in [0.05, 0.1) is 11.6 Å². The van der Waals surface area contributed by atoms with Crippen LogP contribution in [0.1, 0.15) is 34.5 Å². The molecule has 0 radical (unpaired) electrons. The van der Waals surface area contributed by atoms with E-state index in [1.54, 1.807) is 19.2 Å². The van der Waals surface area contributed by atoms with Gasteiger partial charge in [0.2, 0.25) is 0 Å². The Morgan fingerprint density at radius 1 is 1.19 bits per heavy atom. The zero-order valence-corrected chi connectivity index (χ0v) is 12.1. The summed E-state index contributed by atoms with van der Waals surface area (Å²) in [4.78, 5) is 11.6. The molecule has 0 spiro atoms. The molecule has 1 unspecified atom stereocenters. The van der Waals surface area contributed by atoms with E-state index in [-0.39, 0.29) is 11.9 Å². The molecule has 0 aromatic heterocycles. The maximum absolute atomic E-state index is 11.6. The second-order valence-electron chi connectivity index (χ2n) is 4.76. The summed E-state index contributed by atoms with van der Waals surface area (Å²) < 4.78 is 0. The molecular formula is C17H17N3O. The van der Waals surface area contributed by atoms with Crippen molar-refractivity contribution in [3.8, 4) is 6.07 Å². The van der Waals surface area contributed by atoms with E-state index in [4.69, 9.17) is 5.26 Å². The minimum Gasteiger partial charge on any atom is -0.379 e. The van der Waals surface area contributed by atoms with Crippen LogP contribution in [0.4, 0.5) is 5.69 Å². The molecule has 4 nitrogen and oxygen atoms in total. The van der Waals surface area contributed by atoms with E-state index >= 15 is 0 Å². The van der Waals surface area contributed by atoms with Crippen molar-refractivity contribution >= 4 is 11.6 Å². The first-order chi connectivity index (χ1) is 10.1. The molecule has 0 aliphatic carbocycles. The second-order valence-corrected chi connectivity index (χ2v) is 4.76. The standard InChI is InChI=1S/C17H17N3O/c1-12(14-6-3-5-13(9-14)11-18)20-16-8-4-7-15(10-16)17(21)19-2/h3-10,12,20H,1-2H3,(H,19,21). The third kappa shape index (κ3) is 3.61. The zero-order chi connectivity index (χ0) is 15.2. The number of amides is 1. The van der Waals surface area contributed by atoms with Crippen LogP contribution in [0.5, 0.6) is 0 Å². The molecule has 0 saturated heterocycles. The third-order valence-electron chi connectivity index (χ3n) is 3.25. The van der Waals surface area contributed by atoms with Crippen molar-refractivity contribution in [1.29, 1.82) is 5.26 Å². The summed E-state index contributed by atoms with van der Waals surface area (Å²) in [5.74, 6) is -0.113. The number of hydrogen-bond donors (Lipinski definition) is 2. The lowest BCUT2D eigenvalue weighted by atomic mass is 10.1. The monoisotopic (exact) mass is 279 g/mol. The molecule has 0 heterocycles. The van der Waals surface area contributed by atoms with E-state index in [0.29, 0.717) is 11.1 Å². The van der Waals surface area contributed by atoms with Crippen molar-refractivity contribution in [3.05, 3.63) is 65.2 Å². The number of nitrogens with zero attached hydrogens (tertiary/aromatic N) is 1. The molecule has 2 N–H and O–H groups in total. The summed E-state index contributed by atoms with van der Waals surface area (Å²) in [5.41, 5.74) is 3.14. The van der Waals surface area contributed by atoms with E-state index in [1.807, 2.05) is 43.3 Å². The van der Waals surface area contributed by atoms with Crippen LogP contribution < -0.4 is 10.6 Å². The van der Waals surface area contributed by atoms with Gasteiger partial charge < -0.3 is 10.6 Å². The van der Waals surface area contributed by atoms with Gasteiger partial charge >= 0.3 is 0 Å². The first kappa shape index (κ1) is 14.6. The smallest absolute Gasteiger partial charge is 0.251 e. The number of carbonyl (C=O) groups is 1. The maximum atomic E-state index is 11.6. The largest absolute Gasteiger partial charge is 0.379 e. The fourth-order valence-corrected chi connectivity index (χ4v) is 2.11. The fourth-order valence-electron chi connectivity index (χ4n) is 2.11. The number of nitriles is 1. The lowest BCUT2D eigenvalue weighted by Crippen LogP contribution is -2.18. The van der Waals surface area contributed by atoms with Crippen LogP contribution in [0.25, 0.3) is 0 Å². The van der Waals surface area contributed by atoms with Gasteiger partial charge in [0, 0.05) is 24.3 Å². The molecule has 0 bridgehead atoms. The Hall–Kier alpha value is -2.80. The third-order valence-corrected chi connectivity index (χ3v) is 3.25. The van der Waals surface area contributed by atoms with Gasteiger partial charge in [-0.1, -0.05) is 18.2 Å². The van der Waals surface area contributed by atoms with Crippen LogP contribution in [-0.4, -0.2) is 13.0 Å². The Labute approximate surface area is 124 Å². The van der Waals surface area contributed by atoms with Crippen LogP contribution >= 0.6 is 0 Å². The number of anilines is 1. The normalized spacial score (nSPS) is 11.3.